The van der Waals surface area contributed by atoms with Crippen molar-refractivity contribution >= 4 is 23.2 Å². The molecule has 8 heteroatoms. The minimum Gasteiger partial charge on any atom is -0.480 e. The van der Waals surface area contributed by atoms with Crippen molar-refractivity contribution in [2.45, 2.75) is 56.7 Å². The number of thiazole rings is 1. The number of nitrogens with zero attached hydrogens (tertiary/aromatic N) is 2. The van der Waals surface area contributed by atoms with E-state index in [1.807, 2.05) is 10.3 Å². The summed E-state index contributed by atoms with van der Waals surface area (Å²) < 4.78 is 5.39. The van der Waals surface area contributed by atoms with Gasteiger partial charge in [-0.3, -0.25) is 14.5 Å². The lowest BCUT2D eigenvalue weighted by Gasteiger charge is -2.37. The van der Waals surface area contributed by atoms with Gasteiger partial charge < -0.3 is 15.2 Å². The lowest BCUT2D eigenvalue weighted by atomic mass is 9.70. The highest BCUT2D eigenvalue weighted by atomic mass is 32.1. The summed E-state index contributed by atoms with van der Waals surface area (Å²) in [6, 6.07) is 0.302. The zero-order chi connectivity index (χ0) is 18.1. The largest absolute Gasteiger partial charge is 0.480 e. The van der Waals surface area contributed by atoms with E-state index >= 15 is 0 Å². The van der Waals surface area contributed by atoms with Crippen molar-refractivity contribution in [2.75, 3.05) is 19.8 Å². The Kier molecular flexibility index (Phi) is 4.98. The van der Waals surface area contributed by atoms with Crippen molar-refractivity contribution < 1.29 is 19.4 Å². The monoisotopic (exact) mass is 379 g/mol. The summed E-state index contributed by atoms with van der Waals surface area (Å²) >= 11 is 1.53. The standard InChI is InChI=1S/C18H25N3O4S/c22-16(23)9-21-14-1-2-15(21)18(8-14,7-13-10-26-11-19-13)17(24)20-12-3-5-25-6-4-12/h10-12,14-15H,1-9H2,(H,20,24)(H,22,23)/t14-,15+,18+/m1/s1. The topological polar surface area (TPSA) is 91.8 Å². The fourth-order valence-corrected chi connectivity index (χ4v) is 5.59. The maximum absolute atomic E-state index is 13.4. The smallest absolute Gasteiger partial charge is 0.317 e. The summed E-state index contributed by atoms with van der Waals surface area (Å²) in [7, 11) is 0. The number of nitrogens with one attached hydrogen (secondary N) is 1. The number of aromatic nitrogens is 1. The van der Waals surface area contributed by atoms with Gasteiger partial charge in [0.05, 0.1) is 23.2 Å². The van der Waals surface area contributed by atoms with Crippen LogP contribution in [0.2, 0.25) is 0 Å². The lowest BCUT2D eigenvalue weighted by Crippen LogP contribution is -2.54. The van der Waals surface area contributed by atoms with Gasteiger partial charge >= 0.3 is 5.97 Å². The number of ether oxygens (including phenoxy) is 1. The number of fused-ring (bicyclic) bond motifs is 2. The van der Waals surface area contributed by atoms with E-state index in [0.717, 1.165) is 37.8 Å². The molecule has 3 aliphatic rings. The van der Waals surface area contributed by atoms with Crippen molar-refractivity contribution in [3.63, 3.8) is 0 Å². The third kappa shape index (κ3) is 3.25. The van der Waals surface area contributed by atoms with Gasteiger partial charge in [0.15, 0.2) is 0 Å². The maximum atomic E-state index is 13.4. The van der Waals surface area contributed by atoms with Crippen LogP contribution in [0.4, 0.5) is 0 Å². The predicted molar refractivity (Wildman–Crippen MR) is 96.0 cm³/mol. The average molecular weight is 379 g/mol. The summed E-state index contributed by atoms with van der Waals surface area (Å²) in [6.07, 6.45) is 4.84. The first-order valence-electron chi connectivity index (χ1n) is 9.32. The van der Waals surface area contributed by atoms with Crippen LogP contribution in [0.5, 0.6) is 0 Å². The second kappa shape index (κ2) is 7.25. The van der Waals surface area contributed by atoms with Crippen LogP contribution in [0.3, 0.4) is 0 Å². The molecule has 1 aromatic heterocycles. The molecule has 26 heavy (non-hydrogen) atoms. The highest BCUT2D eigenvalue weighted by molar-refractivity contribution is 7.07. The zero-order valence-electron chi connectivity index (χ0n) is 14.7. The third-order valence-electron chi connectivity index (χ3n) is 6.19. The predicted octanol–water partition coefficient (Wildman–Crippen LogP) is 1.29. The molecule has 0 radical (unpaired) electrons. The van der Waals surface area contributed by atoms with E-state index in [9.17, 15) is 14.7 Å². The van der Waals surface area contributed by atoms with Gasteiger partial charge in [0, 0.05) is 43.1 Å². The third-order valence-corrected chi connectivity index (χ3v) is 6.82. The molecule has 2 N–H and O–H groups in total. The van der Waals surface area contributed by atoms with E-state index < -0.39 is 11.4 Å². The van der Waals surface area contributed by atoms with Crippen molar-refractivity contribution in [1.82, 2.24) is 15.2 Å². The fourth-order valence-electron chi connectivity index (χ4n) is 5.03. The molecule has 4 heterocycles. The molecule has 4 rings (SSSR count). The molecule has 7 nitrogen and oxygen atoms in total. The summed E-state index contributed by atoms with van der Waals surface area (Å²) in [6.45, 7) is 1.38. The molecule has 0 saturated carbocycles. The van der Waals surface area contributed by atoms with Crippen LogP contribution in [0.25, 0.3) is 0 Å². The molecular weight excluding hydrogens is 354 g/mol. The van der Waals surface area contributed by atoms with Crippen LogP contribution in [0.1, 0.15) is 37.8 Å². The number of hydrogen-bond donors (Lipinski definition) is 2. The highest BCUT2D eigenvalue weighted by Crippen LogP contribution is 2.51. The summed E-state index contributed by atoms with van der Waals surface area (Å²) in [5.41, 5.74) is 2.15. The van der Waals surface area contributed by atoms with Gasteiger partial charge in [0.2, 0.25) is 5.91 Å². The van der Waals surface area contributed by atoms with E-state index in [4.69, 9.17) is 4.74 Å². The number of hydrogen-bond acceptors (Lipinski definition) is 6. The van der Waals surface area contributed by atoms with Gasteiger partial charge in [-0.15, -0.1) is 11.3 Å². The molecule has 2 bridgehead atoms. The van der Waals surface area contributed by atoms with E-state index in [0.29, 0.717) is 19.6 Å². The molecule has 3 fully saturated rings. The Bertz CT molecular complexity index is 661. The van der Waals surface area contributed by atoms with Crippen LogP contribution in [-0.4, -0.2) is 64.8 Å². The summed E-state index contributed by atoms with van der Waals surface area (Å²) in [4.78, 5) is 31.2. The van der Waals surface area contributed by atoms with Gasteiger partial charge in [-0.05, 0) is 32.1 Å². The zero-order valence-corrected chi connectivity index (χ0v) is 15.5. The molecule has 0 spiro atoms. The molecule has 3 saturated heterocycles. The van der Waals surface area contributed by atoms with Crippen molar-refractivity contribution in [1.29, 1.82) is 0 Å². The molecule has 0 unspecified atom stereocenters. The van der Waals surface area contributed by atoms with Crippen LogP contribution in [0.15, 0.2) is 10.9 Å². The van der Waals surface area contributed by atoms with Gasteiger partial charge in [-0.25, -0.2) is 4.98 Å². The maximum Gasteiger partial charge on any atom is 0.317 e. The number of carboxylic acids is 1. The Morgan fingerprint density at radius 2 is 2.15 bits per heavy atom. The Morgan fingerprint density at radius 3 is 2.85 bits per heavy atom. The van der Waals surface area contributed by atoms with Gasteiger partial charge in [0.1, 0.15) is 0 Å². The minimum absolute atomic E-state index is 0.0126. The molecule has 142 valence electrons. The molecule has 3 atom stereocenters. The van der Waals surface area contributed by atoms with Gasteiger partial charge in [0.25, 0.3) is 0 Å². The normalized spacial score (nSPS) is 32.0. The average Bonchev–Trinajstić information content (AvgIpc) is 3.32. The SMILES string of the molecule is O=C(O)CN1[C@@H]2CC[C@H]1[C@@](Cc1cscn1)(C(=O)NC1CCOCC1)C2. The van der Waals surface area contributed by atoms with Crippen LogP contribution >= 0.6 is 11.3 Å². The second-order valence-corrected chi connectivity index (χ2v) is 8.41. The van der Waals surface area contributed by atoms with Crippen LogP contribution < -0.4 is 5.32 Å². The Hall–Kier alpha value is -1.51. The molecule has 1 amide bonds. The Balaban J connectivity index is 1.58. The molecule has 1 aromatic rings. The van der Waals surface area contributed by atoms with E-state index in [-0.39, 0.29) is 30.6 Å². The first kappa shape index (κ1) is 17.9. The number of amides is 1. The molecule has 3 aliphatic heterocycles. The number of carboxylic acid groups (broad SMARTS) is 1. The number of carbonyl (C=O) groups excluding carboxylic acids is 1. The highest BCUT2D eigenvalue weighted by Gasteiger charge is 2.60. The number of rotatable bonds is 6. The Morgan fingerprint density at radius 1 is 1.35 bits per heavy atom. The summed E-state index contributed by atoms with van der Waals surface area (Å²) in [5.74, 6) is -0.754. The summed E-state index contributed by atoms with van der Waals surface area (Å²) in [5, 5.41) is 14.5. The second-order valence-electron chi connectivity index (χ2n) is 7.69. The molecule has 0 aliphatic carbocycles. The quantitative estimate of drug-likeness (QED) is 0.774. The Labute approximate surface area is 156 Å². The molecule has 0 aromatic carbocycles. The van der Waals surface area contributed by atoms with Crippen LogP contribution in [-0.2, 0) is 20.7 Å². The van der Waals surface area contributed by atoms with Gasteiger partial charge in [-0.2, -0.15) is 0 Å². The number of carbonyl (C=O) groups is 2. The lowest BCUT2D eigenvalue weighted by molar-refractivity contribution is -0.140. The van der Waals surface area contributed by atoms with Gasteiger partial charge in [-0.1, -0.05) is 0 Å². The van der Waals surface area contributed by atoms with Crippen molar-refractivity contribution in [2.24, 2.45) is 5.41 Å². The minimum atomic E-state index is -0.823. The molecular formula is C18H25N3O4S. The van der Waals surface area contributed by atoms with E-state index in [1.54, 1.807) is 5.51 Å². The first-order valence-corrected chi connectivity index (χ1v) is 10.3. The first-order chi connectivity index (χ1) is 12.6. The van der Waals surface area contributed by atoms with Crippen LogP contribution in [0, 0.1) is 5.41 Å². The fraction of sp³-hybridized carbons (Fsp3) is 0.722. The number of aliphatic carboxylic acids is 1. The van der Waals surface area contributed by atoms with Crippen molar-refractivity contribution in [3.8, 4) is 0 Å². The van der Waals surface area contributed by atoms with Crippen molar-refractivity contribution in [3.05, 3.63) is 16.6 Å². The van der Waals surface area contributed by atoms with E-state index in [1.165, 1.54) is 11.3 Å². The van der Waals surface area contributed by atoms with E-state index in [2.05, 4.69) is 10.3 Å².